The van der Waals surface area contributed by atoms with Gasteiger partial charge < -0.3 is 14.3 Å². The van der Waals surface area contributed by atoms with E-state index in [1.807, 2.05) is 30.3 Å². The largest absolute Gasteiger partial charge is 0.490 e. The molecule has 0 saturated carbocycles. The first-order valence-electron chi connectivity index (χ1n) is 9.00. The Hall–Kier alpha value is -1.59. The third-order valence-corrected chi connectivity index (χ3v) is 4.53. The van der Waals surface area contributed by atoms with Gasteiger partial charge in [0.25, 0.3) is 0 Å². The molecule has 0 atom stereocenters. The van der Waals surface area contributed by atoms with Gasteiger partial charge in [-0.3, -0.25) is 0 Å². The van der Waals surface area contributed by atoms with Crippen molar-refractivity contribution in [3.8, 4) is 11.5 Å². The highest BCUT2D eigenvalue weighted by Gasteiger charge is 2.10. The summed E-state index contributed by atoms with van der Waals surface area (Å²) in [7, 11) is 0. The lowest BCUT2D eigenvalue weighted by molar-refractivity contribution is 0.131. The maximum atomic E-state index is 6.23. The minimum atomic E-state index is 0.134. The van der Waals surface area contributed by atoms with E-state index in [9.17, 15) is 0 Å². The van der Waals surface area contributed by atoms with Crippen LogP contribution in [-0.4, -0.2) is 19.4 Å². The van der Waals surface area contributed by atoms with Crippen LogP contribution in [0.1, 0.15) is 24.8 Å². The number of nitrogens with zero attached hydrogens (tertiary/aromatic N) is 1. The van der Waals surface area contributed by atoms with Gasteiger partial charge in [-0.2, -0.15) is 0 Å². The number of rotatable bonds is 12. The molecule has 0 aliphatic rings. The van der Waals surface area contributed by atoms with Crippen LogP contribution in [0.4, 0.5) is 0 Å². The van der Waals surface area contributed by atoms with Gasteiger partial charge in [-0.1, -0.05) is 81.9 Å². The quantitative estimate of drug-likeness (QED) is 0.181. The molecule has 0 N–H and O–H groups in total. The van der Waals surface area contributed by atoms with Crippen molar-refractivity contribution in [2.45, 2.75) is 25.9 Å². The topological polar surface area (TPSA) is 40.0 Å². The van der Waals surface area contributed by atoms with Gasteiger partial charge in [-0.25, -0.2) is 0 Å². The maximum Gasteiger partial charge on any atom is 0.156 e. The van der Waals surface area contributed by atoms with Crippen molar-refractivity contribution in [1.29, 1.82) is 0 Å². The molecule has 8 heteroatoms. The van der Waals surface area contributed by atoms with E-state index in [1.54, 1.807) is 18.3 Å². The number of benzene rings is 2. The zero-order valence-electron chi connectivity index (χ0n) is 15.6. The lowest BCUT2D eigenvalue weighted by Crippen LogP contribution is -2.00. The van der Waals surface area contributed by atoms with Crippen LogP contribution in [0.15, 0.2) is 58.2 Å². The monoisotopic (exact) mass is 475 g/mol. The Morgan fingerprint density at radius 2 is 1.69 bits per heavy atom. The van der Waals surface area contributed by atoms with E-state index in [0.29, 0.717) is 34.8 Å². The van der Waals surface area contributed by atoms with E-state index in [1.165, 1.54) is 6.08 Å². The number of hydrogen-bond donors (Lipinski definition) is 0. The lowest BCUT2D eigenvalue weighted by atomic mass is 10.2. The Morgan fingerprint density at radius 3 is 2.38 bits per heavy atom. The number of oxime groups is 1. The second kappa shape index (κ2) is 13.6. The minimum Gasteiger partial charge on any atom is -0.490 e. The van der Waals surface area contributed by atoms with Crippen LogP contribution in [0.2, 0.25) is 10.0 Å². The summed E-state index contributed by atoms with van der Waals surface area (Å²) in [5.74, 6) is 0.941. The van der Waals surface area contributed by atoms with Crippen LogP contribution in [0, 0.1) is 0 Å². The SMILES string of the molecule is ClC(Cl)=CCOc1cc(Cl)c(OCCCC/C=N/OCc2ccccc2)c(Cl)c1. The van der Waals surface area contributed by atoms with E-state index in [0.717, 1.165) is 24.8 Å². The highest BCUT2D eigenvalue weighted by Crippen LogP contribution is 2.37. The predicted octanol–water partition coefficient (Wildman–Crippen LogP) is 7.44. The van der Waals surface area contributed by atoms with Crippen molar-refractivity contribution in [2.24, 2.45) is 5.16 Å². The first kappa shape index (κ1) is 23.7. The van der Waals surface area contributed by atoms with Crippen LogP contribution < -0.4 is 9.47 Å². The molecule has 0 aromatic heterocycles. The Bertz CT molecular complexity index is 786. The molecule has 2 aromatic rings. The fourth-order valence-corrected chi connectivity index (χ4v) is 2.96. The lowest BCUT2D eigenvalue weighted by Gasteiger charge is -2.12. The third-order valence-electron chi connectivity index (χ3n) is 3.66. The smallest absolute Gasteiger partial charge is 0.156 e. The van der Waals surface area contributed by atoms with E-state index < -0.39 is 0 Å². The summed E-state index contributed by atoms with van der Waals surface area (Å²) in [5, 5.41) is 4.71. The summed E-state index contributed by atoms with van der Waals surface area (Å²) in [4.78, 5) is 5.25. The van der Waals surface area contributed by atoms with Crippen molar-refractivity contribution in [1.82, 2.24) is 0 Å². The molecule has 0 radical (unpaired) electrons. The Labute approximate surface area is 190 Å². The normalized spacial score (nSPS) is 10.8. The highest BCUT2D eigenvalue weighted by molar-refractivity contribution is 6.55. The first-order valence-corrected chi connectivity index (χ1v) is 10.5. The number of hydrogen-bond acceptors (Lipinski definition) is 4. The van der Waals surface area contributed by atoms with Gasteiger partial charge in [0.05, 0.1) is 16.7 Å². The molecule has 2 rings (SSSR count). The Kier molecular flexibility index (Phi) is 11.1. The average molecular weight is 477 g/mol. The van der Waals surface area contributed by atoms with E-state index in [-0.39, 0.29) is 11.1 Å². The summed E-state index contributed by atoms with van der Waals surface area (Å²) < 4.78 is 11.3. The van der Waals surface area contributed by atoms with Crippen molar-refractivity contribution < 1.29 is 14.3 Å². The van der Waals surface area contributed by atoms with Gasteiger partial charge in [0.15, 0.2) is 5.75 Å². The molecular formula is C21H21Cl4NO3. The molecule has 0 spiro atoms. The van der Waals surface area contributed by atoms with Gasteiger partial charge in [-0.05, 0) is 30.9 Å². The molecular weight excluding hydrogens is 456 g/mol. The zero-order chi connectivity index (χ0) is 20.9. The molecule has 0 unspecified atom stereocenters. The molecule has 0 fully saturated rings. The van der Waals surface area contributed by atoms with Crippen LogP contribution in [-0.2, 0) is 11.4 Å². The fourth-order valence-electron chi connectivity index (χ4n) is 2.26. The van der Waals surface area contributed by atoms with Crippen LogP contribution in [0.25, 0.3) is 0 Å². The second-order valence-electron chi connectivity index (χ2n) is 5.91. The van der Waals surface area contributed by atoms with Crippen LogP contribution in [0.5, 0.6) is 11.5 Å². The minimum absolute atomic E-state index is 0.134. The van der Waals surface area contributed by atoms with Crippen molar-refractivity contribution >= 4 is 52.6 Å². The van der Waals surface area contributed by atoms with Crippen LogP contribution in [0.3, 0.4) is 0 Å². The number of ether oxygens (including phenoxy) is 2. The first-order chi connectivity index (χ1) is 14.1. The summed E-state index contributed by atoms with van der Waals surface area (Å²) in [6.07, 6.45) is 5.81. The van der Waals surface area contributed by atoms with E-state index in [4.69, 9.17) is 60.7 Å². The highest BCUT2D eigenvalue weighted by atomic mass is 35.5. The van der Waals surface area contributed by atoms with Crippen molar-refractivity contribution in [2.75, 3.05) is 13.2 Å². The maximum absolute atomic E-state index is 6.23. The van der Waals surface area contributed by atoms with Gasteiger partial charge in [-0.15, -0.1) is 0 Å². The fraction of sp³-hybridized carbons (Fsp3) is 0.286. The van der Waals surface area contributed by atoms with Gasteiger partial charge in [0, 0.05) is 18.3 Å². The standard InChI is InChI=1S/C21H21Cl4NO3/c22-18-13-17(27-12-9-20(24)25)14-19(23)21(18)28-11-6-2-5-10-26-29-15-16-7-3-1-4-8-16/h1,3-4,7-10,13-14H,2,5-6,11-12,15H2/b26-10+. The molecule has 29 heavy (non-hydrogen) atoms. The molecule has 0 bridgehead atoms. The molecule has 2 aromatic carbocycles. The van der Waals surface area contributed by atoms with E-state index in [2.05, 4.69) is 5.16 Å². The molecule has 0 amide bonds. The Morgan fingerprint density at radius 1 is 0.966 bits per heavy atom. The van der Waals surface area contributed by atoms with Crippen molar-refractivity contribution in [3.05, 3.63) is 68.6 Å². The molecule has 0 heterocycles. The molecule has 0 aliphatic carbocycles. The third kappa shape index (κ3) is 9.64. The van der Waals surface area contributed by atoms with Gasteiger partial charge in [0.1, 0.15) is 23.5 Å². The molecule has 4 nitrogen and oxygen atoms in total. The average Bonchev–Trinajstić information content (AvgIpc) is 2.69. The Balaban J connectivity index is 1.64. The number of unbranched alkanes of at least 4 members (excludes halogenated alkanes) is 2. The van der Waals surface area contributed by atoms with Crippen molar-refractivity contribution in [3.63, 3.8) is 0 Å². The molecule has 0 saturated heterocycles. The summed E-state index contributed by atoms with van der Waals surface area (Å²) >= 11 is 23.5. The molecule has 156 valence electrons. The van der Waals surface area contributed by atoms with Gasteiger partial charge in [0.2, 0.25) is 0 Å². The van der Waals surface area contributed by atoms with E-state index >= 15 is 0 Å². The summed E-state index contributed by atoms with van der Waals surface area (Å²) in [5.41, 5.74) is 1.09. The summed E-state index contributed by atoms with van der Waals surface area (Å²) in [6.45, 7) is 1.17. The molecule has 0 aliphatic heterocycles. The van der Waals surface area contributed by atoms with Gasteiger partial charge >= 0.3 is 0 Å². The zero-order valence-corrected chi connectivity index (χ0v) is 18.6. The predicted molar refractivity (Wildman–Crippen MR) is 121 cm³/mol. The van der Waals surface area contributed by atoms with Crippen LogP contribution >= 0.6 is 46.4 Å². The summed E-state index contributed by atoms with van der Waals surface area (Å²) in [6, 6.07) is 13.2. The second-order valence-corrected chi connectivity index (χ2v) is 7.73. The number of halogens is 4.